The SMILES string of the molecule is CCCCOCCOCCCOS(=O)(=O)c1ccc(C)cc1. The first-order valence-corrected chi connectivity index (χ1v) is 9.08. The molecule has 0 unspecified atom stereocenters. The number of benzene rings is 1. The summed E-state index contributed by atoms with van der Waals surface area (Å²) in [7, 11) is -3.66. The minimum atomic E-state index is -3.66. The summed E-state index contributed by atoms with van der Waals surface area (Å²) in [5.74, 6) is 0. The van der Waals surface area contributed by atoms with Crippen molar-refractivity contribution in [2.75, 3.05) is 33.0 Å². The van der Waals surface area contributed by atoms with Crippen LogP contribution < -0.4 is 0 Å². The number of ether oxygens (including phenoxy) is 2. The summed E-state index contributed by atoms with van der Waals surface area (Å²) in [6, 6.07) is 6.60. The van der Waals surface area contributed by atoms with Crippen molar-refractivity contribution in [3.8, 4) is 0 Å². The van der Waals surface area contributed by atoms with Crippen molar-refractivity contribution in [3.05, 3.63) is 29.8 Å². The van der Waals surface area contributed by atoms with Crippen LogP contribution >= 0.6 is 0 Å². The third-order valence-electron chi connectivity index (χ3n) is 3.00. The van der Waals surface area contributed by atoms with Crippen molar-refractivity contribution >= 4 is 10.1 Å². The standard InChI is InChI=1S/C16H26O5S/c1-3-4-10-19-13-14-20-11-5-12-21-22(17,18)16-8-6-15(2)7-9-16/h6-9H,3-5,10-14H2,1-2H3. The lowest BCUT2D eigenvalue weighted by atomic mass is 10.2. The summed E-state index contributed by atoms with van der Waals surface area (Å²) >= 11 is 0. The summed E-state index contributed by atoms with van der Waals surface area (Å²) in [5, 5.41) is 0. The number of unbranched alkanes of at least 4 members (excludes halogenated alkanes) is 1. The molecule has 0 N–H and O–H groups in total. The fraction of sp³-hybridized carbons (Fsp3) is 0.625. The van der Waals surface area contributed by atoms with Crippen LogP contribution in [0.4, 0.5) is 0 Å². The first-order chi connectivity index (χ1) is 10.6. The molecule has 126 valence electrons. The van der Waals surface area contributed by atoms with Gasteiger partial charge in [0.1, 0.15) is 0 Å². The predicted molar refractivity (Wildman–Crippen MR) is 85.5 cm³/mol. The van der Waals surface area contributed by atoms with E-state index in [-0.39, 0.29) is 11.5 Å². The number of aryl methyl sites for hydroxylation is 1. The van der Waals surface area contributed by atoms with Crippen molar-refractivity contribution in [1.82, 2.24) is 0 Å². The third kappa shape index (κ3) is 7.89. The topological polar surface area (TPSA) is 61.8 Å². The van der Waals surface area contributed by atoms with E-state index in [1.54, 1.807) is 24.3 Å². The zero-order valence-electron chi connectivity index (χ0n) is 13.4. The monoisotopic (exact) mass is 330 g/mol. The molecule has 0 aliphatic rings. The van der Waals surface area contributed by atoms with E-state index in [1.165, 1.54) is 0 Å². The second-order valence-corrected chi connectivity index (χ2v) is 6.64. The van der Waals surface area contributed by atoms with Gasteiger partial charge in [-0.2, -0.15) is 8.42 Å². The fourth-order valence-corrected chi connectivity index (χ4v) is 2.61. The lowest BCUT2D eigenvalue weighted by Gasteiger charge is -2.07. The number of rotatable bonds is 12. The molecule has 0 heterocycles. The van der Waals surface area contributed by atoms with Gasteiger partial charge in [0.25, 0.3) is 10.1 Å². The van der Waals surface area contributed by atoms with Gasteiger partial charge in [-0.3, -0.25) is 4.18 Å². The highest BCUT2D eigenvalue weighted by molar-refractivity contribution is 7.86. The lowest BCUT2D eigenvalue weighted by Crippen LogP contribution is -2.11. The molecule has 0 amide bonds. The van der Waals surface area contributed by atoms with Crippen LogP contribution in [0.15, 0.2) is 29.2 Å². The van der Waals surface area contributed by atoms with E-state index < -0.39 is 10.1 Å². The highest BCUT2D eigenvalue weighted by atomic mass is 32.2. The van der Waals surface area contributed by atoms with Crippen molar-refractivity contribution in [3.63, 3.8) is 0 Å². The average Bonchev–Trinajstić information content (AvgIpc) is 2.49. The second kappa shape index (κ2) is 10.7. The van der Waals surface area contributed by atoms with Crippen LogP contribution in [-0.4, -0.2) is 41.5 Å². The maximum atomic E-state index is 11.9. The Morgan fingerprint density at radius 1 is 0.864 bits per heavy atom. The molecule has 0 saturated carbocycles. The summed E-state index contributed by atoms with van der Waals surface area (Å²) in [6.07, 6.45) is 2.71. The zero-order chi connectivity index (χ0) is 16.3. The van der Waals surface area contributed by atoms with Crippen molar-refractivity contribution in [2.45, 2.75) is 38.0 Å². The summed E-state index contributed by atoms with van der Waals surface area (Å²) < 4.78 is 39.5. The zero-order valence-corrected chi connectivity index (χ0v) is 14.2. The Hall–Kier alpha value is -0.950. The van der Waals surface area contributed by atoms with Gasteiger partial charge in [0.05, 0.1) is 24.7 Å². The molecule has 1 rings (SSSR count). The predicted octanol–water partition coefficient (Wildman–Crippen LogP) is 2.92. The Morgan fingerprint density at radius 3 is 2.05 bits per heavy atom. The molecule has 0 aliphatic heterocycles. The van der Waals surface area contributed by atoms with Crippen molar-refractivity contribution in [2.24, 2.45) is 0 Å². The minimum Gasteiger partial charge on any atom is -0.379 e. The molecule has 0 aliphatic carbocycles. The highest BCUT2D eigenvalue weighted by Crippen LogP contribution is 2.13. The van der Waals surface area contributed by atoms with E-state index in [0.29, 0.717) is 26.2 Å². The molecule has 1 aromatic rings. The highest BCUT2D eigenvalue weighted by Gasteiger charge is 2.14. The fourth-order valence-electron chi connectivity index (χ4n) is 1.67. The quantitative estimate of drug-likeness (QED) is 0.435. The van der Waals surface area contributed by atoms with Crippen molar-refractivity contribution in [1.29, 1.82) is 0 Å². The van der Waals surface area contributed by atoms with Crippen molar-refractivity contribution < 1.29 is 22.1 Å². The van der Waals surface area contributed by atoms with Crippen LogP contribution in [0.2, 0.25) is 0 Å². The Balaban J connectivity index is 2.10. The molecule has 0 atom stereocenters. The second-order valence-electron chi connectivity index (χ2n) is 5.02. The van der Waals surface area contributed by atoms with Gasteiger partial charge in [-0.15, -0.1) is 0 Å². The molecule has 0 saturated heterocycles. The van der Waals surface area contributed by atoms with Crippen LogP contribution in [0.1, 0.15) is 31.7 Å². The van der Waals surface area contributed by atoms with E-state index in [9.17, 15) is 8.42 Å². The van der Waals surface area contributed by atoms with Gasteiger partial charge < -0.3 is 9.47 Å². The molecular weight excluding hydrogens is 304 g/mol. The molecule has 5 nitrogen and oxygen atoms in total. The Bertz CT molecular complexity index is 496. The van der Waals surface area contributed by atoms with Gasteiger partial charge in [0.2, 0.25) is 0 Å². The maximum absolute atomic E-state index is 11.9. The number of hydrogen-bond acceptors (Lipinski definition) is 5. The molecule has 1 aromatic carbocycles. The largest absolute Gasteiger partial charge is 0.379 e. The van der Waals surface area contributed by atoms with Crippen LogP contribution in [0.5, 0.6) is 0 Å². The van der Waals surface area contributed by atoms with E-state index in [0.717, 1.165) is 25.0 Å². The van der Waals surface area contributed by atoms with Crippen LogP contribution in [-0.2, 0) is 23.8 Å². The Labute approximate surface area is 133 Å². The van der Waals surface area contributed by atoms with Crippen LogP contribution in [0.3, 0.4) is 0 Å². The molecule has 0 fully saturated rings. The van der Waals surface area contributed by atoms with Gasteiger partial charge >= 0.3 is 0 Å². The molecule has 0 bridgehead atoms. The maximum Gasteiger partial charge on any atom is 0.296 e. The molecule has 0 radical (unpaired) electrons. The summed E-state index contributed by atoms with van der Waals surface area (Å²) in [4.78, 5) is 0.184. The minimum absolute atomic E-state index is 0.118. The van der Waals surface area contributed by atoms with Crippen LogP contribution in [0.25, 0.3) is 0 Å². The van der Waals surface area contributed by atoms with Gasteiger partial charge in [-0.25, -0.2) is 0 Å². The van der Waals surface area contributed by atoms with E-state index in [4.69, 9.17) is 13.7 Å². The average molecular weight is 330 g/mol. The summed E-state index contributed by atoms with van der Waals surface area (Å²) in [5.41, 5.74) is 1.01. The first kappa shape index (κ1) is 19.1. The molecule has 0 spiro atoms. The molecular formula is C16H26O5S. The van der Waals surface area contributed by atoms with E-state index in [2.05, 4.69) is 6.92 Å². The molecule has 6 heteroatoms. The molecule has 0 aromatic heterocycles. The lowest BCUT2D eigenvalue weighted by molar-refractivity contribution is 0.0428. The van der Waals surface area contributed by atoms with Gasteiger partial charge in [0, 0.05) is 13.2 Å². The first-order valence-electron chi connectivity index (χ1n) is 7.68. The smallest absolute Gasteiger partial charge is 0.296 e. The van der Waals surface area contributed by atoms with Gasteiger partial charge in [-0.05, 0) is 31.9 Å². The van der Waals surface area contributed by atoms with Crippen LogP contribution in [0, 0.1) is 6.92 Å². The normalized spacial score (nSPS) is 11.7. The van der Waals surface area contributed by atoms with Gasteiger partial charge in [0.15, 0.2) is 0 Å². The third-order valence-corrected chi connectivity index (χ3v) is 4.32. The number of hydrogen-bond donors (Lipinski definition) is 0. The Kier molecular flexibility index (Phi) is 9.31. The summed E-state index contributed by atoms with van der Waals surface area (Å²) in [6.45, 7) is 6.45. The van der Waals surface area contributed by atoms with E-state index >= 15 is 0 Å². The Morgan fingerprint density at radius 2 is 1.45 bits per heavy atom. The van der Waals surface area contributed by atoms with E-state index in [1.807, 2.05) is 6.92 Å². The van der Waals surface area contributed by atoms with Gasteiger partial charge in [-0.1, -0.05) is 31.0 Å². The molecule has 22 heavy (non-hydrogen) atoms.